The predicted molar refractivity (Wildman–Crippen MR) is 125 cm³/mol. The zero-order valence-corrected chi connectivity index (χ0v) is 20.6. The van der Waals surface area contributed by atoms with Crippen LogP contribution in [0.5, 0.6) is 0 Å². The van der Waals surface area contributed by atoms with Gasteiger partial charge in [-0.05, 0) is 36.5 Å². The van der Waals surface area contributed by atoms with Crippen molar-refractivity contribution in [2.45, 2.75) is 79.6 Å². The standard InChI is InChI=1S/2C13H20N2O/c2*1-5-8(2)9(3)13(16)15-7-10-6-11(10)12(15)14-4/h2*8-12H,5-7H2,1-3H3/t8?,9-,10+,11+,12-;8?,9-,10-,11-,12+/m00/s1. The molecule has 0 aromatic carbocycles. The van der Waals surface area contributed by atoms with E-state index in [9.17, 15) is 9.59 Å². The minimum atomic E-state index is -0.149. The van der Waals surface area contributed by atoms with Crippen LogP contribution in [-0.2, 0) is 9.59 Å². The number of nitrogens with zero attached hydrogens (tertiary/aromatic N) is 4. The van der Waals surface area contributed by atoms with E-state index in [1.165, 1.54) is 0 Å². The summed E-state index contributed by atoms with van der Waals surface area (Å²) in [4.78, 5) is 35.5. The zero-order valence-electron chi connectivity index (χ0n) is 20.6. The summed E-state index contributed by atoms with van der Waals surface area (Å²) in [5.41, 5.74) is 0. The van der Waals surface area contributed by atoms with Crippen LogP contribution in [0.3, 0.4) is 0 Å². The molecule has 0 radical (unpaired) electrons. The van der Waals surface area contributed by atoms with Crippen LogP contribution in [0.4, 0.5) is 0 Å². The molecule has 4 rings (SSSR count). The molecule has 176 valence electrons. The summed E-state index contributed by atoms with van der Waals surface area (Å²) in [6.07, 6.45) is 4.07. The summed E-state index contributed by atoms with van der Waals surface area (Å²) in [7, 11) is 0. The minimum Gasteiger partial charge on any atom is -0.289 e. The van der Waals surface area contributed by atoms with Gasteiger partial charge in [0.25, 0.3) is 0 Å². The van der Waals surface area contributed by atoms with Gasteiger partial charge in [-0.3, -0.25) is 29.1 Å². The number of hydrogen-bond donors (Lipinski definition) is 0. The lowest BCUT2D eigenvalue weighted by atomic mass is 9.92. The maximum Gasteiger partial charge on any atom is 0.303 e. The van der Waals surface area contributed by atoms with E-state index in [2.05, 4.69) is 37.4 Å². The molecule has 2 saturated carbocycles. The molecule has 6 heteroatoms. The van der Waals surface area contributed by atoms with E-state index in [1.54, 1.807) is 0 Å². The molecular weight excluding hydrogens is 400 g/mol. The van der Waals surface area contributed by atoms with E-state index >= 15 is 0 Å². The number of rotatable bonds is 6. The van der Waals surface area contributed by atoms with Crippen LogP contribution in [-0.4, -0.2) is 47.0 Å². The summed E-state index contributed by atoms with van der Waals surface area (Å²) in [6.45, 7) is 28.5. The lowest BCUT2D eigenvalue weighted by Crippen LogP contribution is -2.41. The number of likely N-dealkylation sites (tertiary alicyclic amines) is 2. The highest BCUT2D eigenvalue weighted by molar-refractivity contribution is 5.80. The molecule has 2 amide bonds. The van der Waals surface area contributed by atoms with Crippen LogP contribution < -0.4 is 0 Å². The molecule has 0 spiro atoms. The van der Waals surface area contributed by atoms with Gasteiger partial charge >= 0.3 is 12.3 Å². The largest absolute Gasteiger partial charge is 0.303 e. The van der Waals surface area contributed by atoms with Crippen molar-refractivity contribution in [1.82, 2.24) is 9.80 Å². The topological polar surface area (TPSA) is 49.3 Å². The average molecular weight is 441 g/mol. The Kier molecular flexibility index (Phi) is 7.53. The van der Waals surface area contributed by atoms with Gasteiger partial charge in [0.2, 0.25) is 11.8 Å². The summed E-state index contributed by atoms with van der Waals surface area (Å²) < 4.78 is 0. The van der Waals surface area contributed by atoms with Gasteiger partial charge in [-0.1, -0.05) is 54.4 Å². The normalized spacial score (nSPS) is 35.1. The monoisotopic (exact) mass is 440 g/mol. The third-order valence-corrected chi connectivity index (χ3v) is 8.83. The van der Waals surface area contributed by atoms with Gasteiger partial charge in [0.15, 0.2) is 0 Å². The molecule has 0 aromatic rings. The van der Waals surface area contributed by atoms with Crippen LogP contribution in [0, 0.1) is 60.5 Å². The highest BCUT2D eigenvalue weighted by atomic mass is 16.2. The molecule has 0 aromatic heterocycles. The zero-order chi connectivity index (χ0) is 23.7. The Morgan fingerprint density at radius 3 is 1.41 bits per heavy atom. The van der Waals surface area contributed by atoms with Crippen LogP contribution >= 0.6 is 0 Å². The number of fused-ring (bicyclic) bond motifs is 2. The first-order valence-corrected chi connectivity index (χ1v) is 12.5. The fourth-order valence-corrected chi connectivity index (χ4v) is 5.36. The number of piperidine rings is 2. The molecule has 2 unspecified atom stereocenters. The summed E-state index contributed by atoms with van der Waals surface area (Å²) in [6, 6.07) is 0. The van der Waals surface area contributed by atoms with E-state index < -0.39 is 0 Å². The van der Waals surface area contributed by atoms with Crippen LogP contribution in [0.15, 0.2) is 0 Å². The Bertz CT molecular complexity index is 733. The Labute approximate surface area is 194 Å². The number of carbonyl (C=O) groups is 2. The Balaban J connectivity index is 0.000000181. The smallest absolute Gasteiger partial charge is 0.289 e. The molecule has 4 aliphatic rings. The Morgan fingerprint density at radius 1 is 0.781 bits per heavy atom. The van der Waals surface area contributed by atoms with Crippen LogP contribution in [0.1, 0.15) is 67.2 Å². The molecule has 0 N–H and O–H groups in total. The minimum absolute atomic E-state index is 0.0618. The second kappa shape index (κ2) is 9.82. The molecule has 4 fully saturated rings. The highest BCUT2D eigenvalue weighted by Gasteiger charge is 2.59. The van der Waals surface area contributed by atoms with Crippen molar-refractivity contribution in [3.05, 3.63) is 22.8 Å². The molecule has 2 aliphatic carbocycles. The molecule has 10 atom stereocenters. The number of amides is 2. The maximum absolute atomic E-state index is 12.3. The molecule has 0 bridgehead atoms. The Morgan fingerprint density at radius 2 is 1.12 bits per heavy atom. The number of hydrogen-bond acceptors (Lipinski definition) is 2. The fourth-order valence-electron chi connectivity index (χ4n) is 5.36. The van der Waals surface area contributed by atoms with Gasteiger partial charge in [0.05, 0.1) is 11.8 Å². The predicted octanol–water partition coefficient (Wildman–Crippen LogP) is 4.78. The van der Waals surface area contributed by atoms with Crippen molar-refractivity contribution >= 4 is 11.8 Å². The van der Waals surface area contributed by atoms with Crippen LogP contribution in [0.2, 0.25) is 0 Å². The van der Waals surface area contributed by atoms with Crippen molar-refractivity contribution in [1.29, 1.82) is 0 Å². The highest BCUT2D eigenvalue weighted by Crippen LogP contribution is 2.51. The van der Waals surface area contributed by atoms with E-state index in [0.29, 0.717) is 35.5 Å². The van der Waals surface area contributed by atoms with E-state index in [-0.39, 0.29) is 36.0 Å². The van der Waals surface area contributed by atoms with Crippen molar-refractivity contribution in [2.75, 3.05) is 13.1 Å². The molecule has 2 saturated heterocycles. The molecule has 6 nitrogen and oxygen atoms in total. The third kappa shape index (κ3) is 4.66. The van der Waals surface area contributed by atoms with Gasteiger partial charge in [-0.2, -0.15) is 0 Å². The quantitative estimate of drug-likeness (QED) is 0.558. The first-order valence-electron chi connectivity index (χ1n) is 12.5. The first-order chi connectivity index (χ1) is 15.2. The van der Waals surface area contributed by atoms with E-state index in [0.717, 1.165) is 38.8 Å². The lowest BCUT2D eigenvalue weighted by molar-refractivity contribution is -0.138. The lowest BCUT2D eigenvalue weighted by Gasteiger charge is -2.25. The molecule has 32 heavy (non-hydrogen) atoms. The Hall–Kier alpha value is -2.08. The van der Waals surface area contributed by atoms with Crippen molar-refractivity contribution in [3.8, 4) is 0 Å². The van der Waals surface area contributed by atoms with Gasteiger partial charge in [-0.25, -0.2) is 13.1 Å². The SMILES string of the molecule is [C-]#[N+][C@@H]1[C@@H]2C[C@@H]2CN1C(=O)[C@@H](C)C(C)CC.[C-]#[N+][C@H]1[C@H]2C[C@H]2CN1C(=O)[C@@H](C)C(C)CC. The van der Waals surface area contributed by atoms with Crippen molar-refractivity contribution < 1.29 is 9.59 Å². The van der Waals surface area contributed by atoms with E-state index in [4.69, 9.17) is 13.1 Å². The van der Waals surface area contributed by atoms with Gasteiger partial charge < -0.3 is 0 Å². The van der Waals surface area contributed by atoms with Gasteiger partial charge in [0.1, 0.15) is 0 Å². The fraction of sp³-hybridized carbons (Fsp3) is 0.846. The molecular formula is C26H40N4O2. The third-order valence-electron chi connectivity index (χ3n) is 8.83. The van der Waals surface area contributed by atoms with Crippen molar-refractivity contribution in [3.63, 3.8) is 0 Å². The van der Waals surface area contributed by atoms with Gasteiger partial charge in [0, 0.05) is 24.9 Å². The number of carbonyl (C=O) groups excluding carboxylic acids is 2. The van der Waals surface area contributed by atoms with E-state index in [1.807, 2.05) is 23.6 Å². The molecule has 2 heterocycles. The average Bonchev–Trinajstić information content (AvgIpc) is 3.70. The maximum atomic E-state index is 12.3. The van der Waals surface area contributed by atoms with Crippen molar-refractivity contribution in [2.24, 2.45) is 47.3 Å². The summed E-state index contributed by atoms with van der Waals surface area (Å²) in [5, 5.41) is 0. The molecule has 2 aliphatic heterocycles. The second-order valence-corrected chi connectivity index (χ2v) is 10.7. The van der Waals surface area contributed by atoms with Crippen LogP contribution in [0.25, 0.3) is 9.69 Å². The second-order valence-electron chi connectivity index (χ2n) is 10.7. The first kappa shape index (κ1) is 24.6. The summed E-state index contributed by atoms with van der Waals surface area (Å²) >= 11 is 0. The summed E-state index contributed by atoms with van der Waals surface area (Å²) in [5.74, 6) is 3.59. The van der Waals surface area contributed by atoms with Gasteiger partial charge in [-0.15, -0.1) is 0 Å².